The molecule has 1 aliphatic heterocycles. The van der Waals surface area contributed by atoms with Crippen molar-refractivity contribution >= 4 is 22.8 Å². The average molecular weight is 352 g/mol. The molecule has 2 aromatic heterocycles. The van der Waals surface area contributed by atoms with Gasteiger partial charge >= 0.3 is 0 Å². The van der Waals surface area contributed by atoms with Crippen molar-refractivity contribution in [3.8, 4) is 0 Å². The van der Waals surface area contributed by atoms with E-state index in [4.69, 9.17) is 0 Å². The van der Waals surface area contributed by atoms with E-state index in [1.54, 1.807) is 10.7 Å². The van der Waals surface area contributed by atoms with E-state index in [9.17, 15) is 4.79 Å². The summed E-state index contributed by atoms with van der Waals surface area (Å²) in [6, 6.07) is 11.5. The van der Waals surface area contributed by atoms with Crippen LogP contribution in [0.4, 0.5) is 11.8 Å². The summed E-state index contributed by atoms with van der Waals surface area (Å²) in [5, 5.41) is 4.56. The second-order valence-corrected chi connectivity index (χ2v) is 7.16. The van der Waals surface area contributed by atoms with E-state index in [1.807, 2.05) is 30.3 Å². The van der Waals surface area contributed by atoms with Gasteiger partial charge < -0.3 is 14.8 Å². The first kappa shape index (κ1) is 16.6. The van der Waals surface area contributed by atoms with Crippen LogP contribution in [0.15, 0.2) is 41.2 Å². The van der Waals surface area contributed by atoms with E-state index in [0.29, 0.717) is 12.5 Å². The van der Waals surface area contributed by atoms with Gasteiger partial charge in [0.05, 0.1) is 11.0 Å². The molecule has 3 aromatic rings. The summed E-state index contributed by atoms with van der Waals surface area (Å²) in [7, 11) is 0. The number of anilines is 2. The van der Waals surface area contributed by atoms with Gasteiger partial charge in [0.15, 0.2) is 0 Å². The van der Waals surface area contributed by atoms with Gasteiger partial charge in [-0.15, -0.1) is 0 Å². The predicted octanol–water partition coefficient (Wildman–Crippen LogP) is 2.10. The van der Waals surface area contributed by atoms with Crippen LogP contribution in [0, 0.1) is 5.92 Å². The van der Waals surface area contributed by atoms with Crippen LogP contribution in [0.3, 0.4) is 0 Å². The zero-order valence-electron chi connectivity index (χ0n) is 15.2. The lowest BCUT2D eigenvalue weighted by atomic mass is 10.2. The number of fused-ring (bicyclic) bond motifs is 1. The molecule has 7 nitrogen and oxygen atoms in total. The number of benzene rings is 1. The van der Waals surface area contributed by atoms with Crippen molar-refractivity contribution in [3.63, 3.8) is 0 Å². The number of hydrogen-bond donors (Lipinski definition) is 1. The zero-order valence-corrected chi connectivity index (χ0v) is 15.2. The van der Waals surface area contributed by atoms with E-state index in [2.05, 4.69) is 38.7 Å². The SMILES string of the molecule is CC(C)Cn1nc(N2CCN(c3nc4ccccc4[nH]3)CC2)ccc1=O. The lowest BCUT2D eigenvalue weighted by Crippen LogP contribution is -2.47. The maximum absolute atomic E-state index is 12.0. The van der Waals surface area contributed by atoms with Gasteiger partial charge in [-0.2, -0.15) is 5.10 Å². The molecular formula is C19H24N6O. The molecule has 1 N–H and O–H groups in total. The Morgan fingerprint density at radius 1 is 1.04 bits per heavy atom. The first-order valence-corrected chi connectivity index (χ1v) is 9.13. The van der Waals surface area contributed by atoms with Crippen LogP contribution in [-0.4, -0.2) is 45.9 Å². The number of aromatic nitrogens is 4. The first-order chi connectivity index (χ1) is 12.6. The minimum atomic E-state index is -0.0386. The van der Waals surface area contributed by atoms with Gasteiger partial charge in [0, 0.05) is 38.8 Å². The summed E-state index contributed by atoms with van der Waals surface area (Å²) in [4.78, 5) is 24.5. The highest BCUT2D eigenvalue weighted by atomic mass is 16.1. The number of hydrogen-bond acceptors (Lipinski definition) is 5. The van der Waals surface area contributed by atoms with Gasteiger partial charge in [0.2, 0.25) is 5.95 Å². The fourth-order valence-corrected chi connectivity index (χ4v) is 3.32. The molecular weight excluding hydrogens is 328 g/mol. The standard InChI is InChI=1S/C19H24N6O/c1-14(2)13-25-18(26)8-7-17(22-25)23-9-11-24(12-10-23)19-20-15-5-3-4-6-16(15)21-19/h3-8,14H,9-13H2,1-2H3,(H,20,21). The Hall–Kier alpha value is -2.83. The molecule has 0 bridgehead atoms. The molecule has 0 unspecified atom stereocenters. The largest absolute Gasteiger partial charge is 0.352 e. The smallest absolute Gasteiger partial charge is 0.266 e. The topological polar surface area (TPSA) is 70.1 Å². The van der Waals surface area contributed by atoms with Crippen molar-refractivity contribution in [3.05, 3.63) is 46.8 Å². The van der Waals surface area contributed by atoms with E-state index in [1.165, 1.54) is 0 Å². The number of piperazine rings is 1. The van der Waals surface area contributed by atoms with Gasteiger partial charge in [-0.05, 0) is 24.1 Å². The summed E-state index contributed by atoms with van der Waals surface area (Å²) < 4.78 is 1.58. The molecule has 1 aromatic carbocycles. The van der Waals surface area contributed by atoms with Crippen molar-refractivity contribution in [2.75, 3.05) is 36.0 Å². The average Bonchev–Trinajstić information content (AvgIpc) is 3.07. The Morgan fingerprint density at radius 3 is 2.50 bits per heavy atom. The number of rotatable bonds is 4. The van der Waals surface area contributed by atoms with E-state index in [0.717, 1.165) is 49.0 Å². The number of para-hydroxylation sites is 2. The maximum Gasteiger partial charge on any atom is 0.266 e. The normalized spacial score (nSPS) is 15.2. The van der Waals surface area contributed by atoms with Crippen molar-refractivity contribution in [2.24, 2.45) is 5.92 Å². The molecule has 0 radical (unpaired) electrons. The molecule has 0 aliphatic carbocycles. The molecule has 1 saturated heterocycles. The van der Waals surface area contributed by atoms with Crippen molar-refractivity contribution < 1.29 is 0 Å². The predicted molar refractivity (Wildman–Crippen MR) is 104 cm³/mol. The summed E-state index contributed by atoms with van der Waals surface area (Å²) >= 11 is 0. The van der Waals surface area contributed by atoms with Gasteiger partial charge in [-0.3, -0.25) is 4.79 Å². The Bertz CT molecular complexity index is 919. The number of aromatic amines is 1. The summed E-state index contributed by atoms with van der Waals surface area (Å²) in [6.45, 7) is 8.26. The van der Waals surface area contributed by atoms with Gasteiger partial charge in [0.25, 0.3) is 5.56 Å². The molecule has 0 atom stereocenters. The summed E-state index contributed by atoms with van der Waals surface area (Å²) in [6.07, 6.45) is 0. The highest BCUT2D eigenvalue weighted by Crippen LogP contribution is 2.20. The van der Waals surface area contributed by atoms with Crippen LogP contribution < -0.4 is 15.4 Å². The van der Waals surface area contributed by atoms with Crippen LogP contribution >= 0.6 is 0 Å². The Morgan fingerprint density at radius 2 is 1.77 bits per heavy atom. The first-order valence-electron chi connectivity index (χ1n) is 9.13. The summed E-state index contributed by atoms with van der Waals surface area (Å²) in [5.74, 6) is 2.18. The second-order valence-electron chi connectivity index (χ2n) is 7.16. The number of nitrogens with zero attached hydrogens (tertiary/aromatic N) is 5. The van der Waals surface area contributed by atoms with Crippen LogP contribution in [0.1, 0.15) is 13.8 Å². The Balaban J connectivity index is 1.47. The zero-order chi connectivity index (χ0) is 18.1. The van der Waals surface area contributed by atoms with Gasteiger partial charge in [-0.25, -0.2) is 9.67 Å². The third-order valence-electron chi connectivity index (χ3n) is 4.67. The lowest BCUT2D eigenvalue weighted by molar-refractivity contribution is 0.461. The Labute approximate surface area is 152 Å². The molecule has 0 saturated carbocycles. The van der Waals surface area contributed by atoms with Crippen LogP contribution in [0.5, 0.6) is 0 Å². The molecule has 3 heterocycles. The highest BCUT2D eigenvalue weighted by Gasteiger charge is 2.21. The molecule has 0 spiro atoms. The minimum absolute atomic E-state index is 0.0386. The molecule has 1 fully saturated rings. The van der Waals surface area contributed by atoms with Crippen molar-refractivity contribution in [1.82, 2.24) is 19.7 Å². The fraction of sp³-hybridized carbons (Fsp3) is 0.421. The third kappa shape index (κ3) is 3.29. The van der Waals surface area contributed by atoms with E-state index < -0.39 is 0 Å². The van der Waals surface area contributed by atoms with Crippen molar-refractivity contribution in [1.29, 1.82) is 0 Å². The van der Waals surface area contributed by atoms with E-state index >= 15 is 0 Å². The van der Waals surface area contributed by atoms with Gasteiger partial charge in [-0.1, -0.05) is 26.0 Å². The maximum atomic E-state index is 12.0. The molecule has 0 amide bonds. The molecule has 1 aliphatic rings. The van der Waals surface area contributed by atoms with Crippen molar-refractivity contribution in [2.45, 2.75) is 20.4 Å². The molecule has 4 rings (SSSR count). The fourth-order valence-electron chi connectivity index (χ4n) is 3.32. The number of imidazole rings is 1. The number of nitrogens with one attached hydrogen (secondary N) is 1. The van der Waals surface area contributed by atoms with Crippen LogP contribution in [0.2, 0.25) is 0 Å². The number of H-pyrrole nitrogens is 1. The Kier molecular flexibility index (Phi) is 4.36. The molecule has 7 heteroatoms. The minimum Gasteiger partial charge on any atom is -0.352 e. The van der Waals surface area contributed by atoms with Gasteiger partial charge in [0.1, 0.15) is 5.82 Å². The molecule has 26 heavy (non-hydrogen) atoms. The van der Waals surface area contributed by atoms with Crippen LogP contribution in [-0.2, 0) is 6.54 Å². The highest BCUT2D eigenvalue weighted by molar-refractivity contribution is 5.77. The third-order valence-corrected chi connectivity index (χ3v) is 4.67. The second kappa shape index (κ2) is 6.82. The summed E-state index contributed by atoms with van der Waals surface area (Å²) in [5.41, 5.74) is 2.02. The quantitative estimate of drug-likeness (QED) is 0.779. The van der Waals surface area contributed by atoms with Crippen LogP contribution in [0.25, 0.3) is 11.0 Å². The lowest BCUT2D eigenvalue weighted by Gasteiger charge is -2.35. The van der Waals surface area contributed by atoms with E-state index in [-0.39, 0.29) is 5.56 Å². The molecule has 136 valence electrons. The monoisotopic (exact) mass is 352 g/mol.